The first-order chi connectivity index (χ1) is 12.7. The first-order valence-corrected chi connectivity index (χ1v) is 8.13. The minimum Gasteiger partial charge on any atom is -0.477 e. The van der Waals surface area contributed by atoms with Gasteiger partial charge in [0.15, 0.2) is 28.8 Å². The van der Waals surface area contributed by atoms with Crippen LogP contribution in [0.3, 0.4) is 0 Å². The van der Waals surface area contributed by atoms with E-state index in [-0.39, 0.29) is 5.69 Å². The monoisotopic (exact) mass is 379 g/mol. The second kappa shape index (κ2) is 6.57. The number of non-ortho nitro benzene ring substituents is 1. The summed E-state index contributed by atoms with van der Waals surface area (Å²) in [5.41, 5.74) is -0.321. The number of aromatic nitrogens is 2. The molecule has 0 unspecified atom stereocenters. The number of ether oxygens (including phenoxy) is 1. The van der Waals surface area contributed by atoms with Gasteiger partial charge in [-0.3, -0.25) is 10.1 Å². The summed E-state index contributed by atoms with van der Waals surface area (Å²) < 4.78 is 48.0. The number of hydrogen-bond donors (Lipinski definition) is 0. The third-order valence-corrected chi connectivity index (χ3v) is 4.16. The average molecular weight is 379 g/mol. The van der Waals surface area contributed by atoms with Crippen LogP contribution >= 0.6 is 0 Å². The van der Waals surface area contributed by atoms with E-state index in [1.54, 1.807) is 24.5 Å². The van der Waals surface area contributed by atoms with Crippen LogP contribution in [-0.2, 0) is 12.1 Å². The Kier molecular flexibility index (Phi) is 4.54. The van der Waals surface area contributed by atoms with Gasteiger partial charge >= 0.3 is 0 Å². The zero-order valence-corrected chi connectivity index (χ0v) is 14.8. The summed E-state index contributed by atoms with van der Waals surface area (Å²) >= 11 is 0. The average Bonchev–Trinajstić information content (AvgIpc) is 3.01. The molecule has 142 valence electrons. The lowest BCUT2D eigenvalue weighted by Crippen LogP contribution is -2.30. The molecule has 1 aromatic heterocycles. The molecule has 0 saturated heterocycles. The van der Waals surface area contributed by atoms with Crippen LogP contribution in [0.5, 0.6) is 5.75 Å². The van der Waals surface area contributed by atoms with Gasteiger partial charge < -0.3 is 9.30 Å². The SMILES string of the molecule is CCn1c(C(C)(C)Oc2ccc(F)c(F)c2F)nc2cc([N+](=O)[O-])ccc21. The van der Waals surface area contributed by atoms with Crippen molar-refractivity contribution in [3.8, 4) is 5.75 Å². The molecule has 1 heterocycles. The van der Waals surface area contributed by atoms with Crippen molar-refractivity contribution in [2.75, 3.05) is 0 Å². The lowest BCUT2D eigenvalue weighted by atomic mass is 10.1. The molecule has 0 aliphatic heterocycles. The molecule has 0 fully saturated rings. The number of nitro benzene ring substituents is 1. The Bertz CT molecular complexity index is 1050. The van der Waals surface area contributed by atoms with Crippen LogP contribution in [0.2, 0.25) is 0 Å². The standard InChI is InChI=1S/C18H16F3N3O3/c1-4-23-13-7-5-10(24(25)26)9-12(13)22-17(23)18(2,3)27-14-8-6-11(19)15(20)16(14)21/h5-9H,4H2,1-3H3. The highest BCUT2D eigenvalue weighted by atomic mass is 19.2. The van der Waals surface area contributed by atoms with Crippen molar-refractivity contribution in [2.45, 2.75) is 32.9 Å². The topological polar surface area (TPSA) is 70.2 Å². The van der Waals surface area contributed by atoms with Crippen LogP contribution in [0.25, 0.3) is 11.0 Å². The lowest BCUT2D eigenvalue weighted by molar-refractivity contribution is -0.384. The molecule has 0 amide bonds. The Hall–Kier alpha value is -3.10. The number of imidazole rings is 1. The highest BCUT2D eigenvalue weighted by Gasteiger charge is 2.32. The zero-order chi connectivity index (χ0) is 19.9. The third-order valence-electron chi connectivity index (χ3n) is 4.16. The summed E-state index contributed by atoms with van der Waals surface area (Å²) in [6.07, 6.45) is 0. The minimum absolute atomic E-state index is 0.111. The third kappa shape index (κ3) is 3.20. The van der Waals surface area contributed by atoms with Crippen molar-refractivity contribution >= 4 is 16.7 Å². The van der Waals surface area contributed by atoms with Gasteiger partial charge in [0.05, 0.1) is 16.0 Å². The molecular weight excluding hydrogens is 363 g/mol. The number of hydrogen-bond acceptors (Lipinski definition) is 4. The number of fused-ring (bicyclic) bond motifs is 1. The molecule has 0 spiro atoms. The lowest BCUT2D eigenvalue weighted by Gasteiger charge is -2.27. The van der Waals surface area contributed by atoms with Gasteiger partial charge in [0, 0.05) is 18.7 Å². The van der Waals surface area contributed by atoms with Gasteiger partial charge in [0.1, 0.15) is 0 Å². The molecule has 27 heavy (non-hydrogen) atoms. The first kappa shape index (κ1) is 18.7. The fourth-order valence-electron chi connectivity index (χ4n) is 2.92. The Labute approximate surface area is 152 Å². The first-order valence-electron chi connectivity index (χ1n) is 8.13. The molecule has 0 saturated carbocycles. The highest BCUT2D eigenvalue weighted by Crippen LogP contribution is 2.33. The fraction of sp³-hybridized carbons (Fsp3) is 0.278. The number of nitro groups is 1. The number of rotatable bonds is 5. The van der Waals surface area contributed by atoms with Crippen molar-refractivity contribution in [1.29, 1.82) is 0 Å². The van der Waals surface area contributed by atoms with E-state index in [2.05, 4.69) is 4.98 Å². The second-order valence-electron chi connectivity index (χ2n) is 6.40. The molecule has 0 N–H and O–H groups in total. The molecule has 0 bridgehead atoms. The summed E-state index contributed by atoms with van der Waals surface area (Å²) in [5, 5.41) is 11.0. The molecule has 0 atom stereocenters. The number of benzene rings is 2. The smallest absolute Gasteiger partial charge is 0.271 e. The van der Waals surface area contributed by atoms with Gasteiger partial charge in [-0.05, 0) is 39.0 Å². The van der Waals surface area contributed by atoms with Crippen LogP contribution in [0.4, 0.5) is 18.9 Å². The maximum atomic E-state index is 14.0. The molecular formula is C18H16F3N3O3. The largest absolute Gasteiger partial charge is 0.477 e. The van der Waals surface area contributed by atoms with Crippen molar-refractivity contribution in [2.24, 2.45) is 0 Å². The van der Waals surface area contributed by atoms with Crippen molar-refractivity contribution in [3.05, 3.63) is 63.7 Å². The number of nitrogens with zero attached hydrogens (tertiary/aromatic N) is 3. The van der Waals surface area contributed by atoms with E-state index in [1.165, 1.54) is 12.1 Å². The maximum absolute atomic E-state index is 14.0. The zero-order valence-electron chi connectivity index (χ0n) is 14.8. The van der Waals surface area contributed by atoms with E-state index in [9.17, 15) is 23.3 Å². The summed E-state index contributed by atoms with van der Waals surface area (Å²) in [4.78, 5) is 14.9. The Balaban J connectivity index is 2.09. The quantitative estimate of drug-likeness (QED) is 0.366. The van der Waals surface area contributed by atoms with E-state index in [1.807, 2.05) is 6.92 Å². The molecule has 9 heteroatoms. The second-order valence-corrected chi connectivity index (χ2v) is 6.40. The van der Waals surface area contributed by atoms with Crippen molar-refractivity contribution in [1.82, 2.24) is 9.55 Å². The van der Waals surface area contributed by atoms with E-state index in [0.717, 1.165) is 12.1 Å². The predicted octanol–water partition coefficient (Wildman–Crippen LogP) is 4.70. The Morgan fingerprint density at radius 2 is 1.89 bits per heavy atom. The molecule has 2 aromatic carbocycles. The van der Waals surface area contributed by atoms with E-state index < -0.39 is 33.7 Å². The van der Waals surface area contributed by atoms with E-state index in [4.69, 9.17) is 4.74 Å². The van der Waals surface area contributed by atoms with Gasteiger partial charge in [-0.15, -0.1) is 0 Å². The van der Waals surface area contributed by atoms with E-state index >= 15 is 0 Å². The normalized spacial score (nSPS) is 11.8. The minimum atomic E-state index is -1.62. The van der Waals surface area contributed by atoms with Gasteiger partial charge in [-0.25, -0.2) is 13.8 Å². The molecule has 6 nitrogen and oxygen atoms in total. The van der Waals surface area contributed by atoms with Crippen LogP contribution in [-0.4, -0.2) is 14.5 Å². The Morgan fingerprint density at radius 1 is 1.19 bits per heavy atom. The van der Waals surface area contributed by atoms with Crippen LogP contribution in [0, 0.1) is 27.6 Å². The summed E-state index contributed by atoms with van der Waals surface area (Å²) in [5.74, 6) is -4.46. The maximum Gasteiger partial charge on any atom is 0.271 e. The molecule has 0 aliphatic rings. The van der Waals surface area contributed by atoms with Crippen molar-refractivity contribution in [3.63, 3.8) is 0 Å². The van der Waals surface area contributed by atoms with Gasteiger partial charge in [0.2, 0.25) is 5.82 Å². The molecule has 0 radical (unpaired) electrons. The highest BCUT2D eigenvalue weighted by molar-refractivity contribution is 5.79. The van der Waals surface area contributed by atoms with Crippen molar-refractivity contribution < 1.29 is 22.8 Å². The molecule has 3 rings (SSSR count). The number of aryl methyl sites for hydroxylation is 1. The molecule has 3 aromatic rings. The summed E-state index contributed by atoms with van der Waals surface area (Å²) in [6, 6.07) is 6.04. The Morgan fingerprint density at radius 3 is 2.52 bits per heavy atom. The van der Waals surface area contributed by atoms with Gasteiger partial charge in [-0.1, -0.05) is 0 Å². The summed E-state index contributed by atoms with van der Waals surface area (Å²) in [7, 11) is 0. The van der Waals surface area contributed by atoms with Gasteiger partial charge in [0.25, 0.3) is 5.69 Å². The molecule has 0 aliphatic carbocycles. The van der Waals surface area contributed by atoms with Crippen LogP contribution < -0.4 is 4.74 Å². The van der Waals surface area contributed by atoms with E-state index in [0.29, 0.717) is 23.4 Å². The fourth-order valence-corrected chi connectivity index (χ4v) is 2.92. The van der Waals surface area contributed by atoms with Crippen LogP contribution in [0.15, 0.2) is 30.3 Å². The van der Waals surface area contributed by atoms with Crippen LogP contribution in [0.1, 0.15) is 26.6 Å². The predicted molar refractivity (Wildman–Crippen MR) is 92.0 cm³/mol. The van der Waals surface area contributed by atoms with Gasteiger partial charge in [-0.2, -0.15) is 4.39 Å². The summed E-state index contributed by atoms with van der Waals surface area (Å²) in [6.45, 7) is 5.50. The number of halogens is 3.